The van der Waals surface area contributed by atoms with Crippen LogP contribution in [-0.4, -0.2) is 15.0 Å². The van der Waals surface area contributed by atoms with E-state index in [1.54, 1.807) is 23.1 Å². The summed E-state index contributed by atoms with van der Waals surface area (Å²) in [6.45, 7) is 6.05. The first-order valence-electron chi connectivity index (χ1n) is 5.83. The lowest BCUT2D eigenvalue weighted by Gasteiger charge is -2.07. The van der Waals surface area contributed by atoms with Gasteiger partial charge in [-0.1, -0.05) is 6.92 Å². The zero-order valence-electron chi connectivity index (χ0n) is 10.7. The summed E-state index contributed by atoms with van der Waals surface area (Å²) in [5.74, 6) is 1.39. The lowest BCUT2D eigenvalue weighted by Crippen LogP contribution is -2.04. The van der Waals surface area contributed by atoms with Crippen LogP contribution < -0.4 is 5.73 Å². The van der Waals surface area contributed by atoms with Crippen molar-refractivity contribution in [1.82, 2.24) is 15.0 Å². The van der Waals surface area contributed by atoms with E-state index in [1.807, 2.05) is 19.2 Å². The van der Waals surface area contributed by atoms with Crippen LogP contribution in [0.4, 0.5) is 5.82 Å². The van der Waals surface area contributed by atoms with Crippen LogP contribution in [0.3, 0.4) is 0 Å². The smallest absolute Gasteiger partial charge is 0.156 e. The third kappa shape index (κ3) is 3.00. The number of anilines is 1. The monoisotopic (exact) mass is 280 g/mol. The molecule has 0 unspecified atom stereocenters. The van der Waals surface area contributed by atoms with Gasteiger partial charge in [-0.3, -0.25) is 0 Å². The summed E-state index contributed by atoms with van der Waals surface area (Å²) in [5, 5.41) is 2.95. The van der Waals surface area contributed by atoms with Crippen LogP contribution in [-0.2, 0) is 6.42 Å². The van der Waals surface area contributed by atoms with Gasteiger partial charge in [0.1, 0.15) is 16.7 Å². The largest absolute Gasteiger partial charge is 0.383 e. The second-order valence-electron chi connectivity index (χ2n) is 4.06. The van der Waals surface area contributed by atoms with Crippen molar-refractivity contribution in [3.8, 4) is 0 Å². The Kier molecular flexibility index (Phi) is 4.19. The van der Waals surface area contributed by atoms with Crippen molar-refractivity contribution in [2.45, 2.75) is 43.0 Å². The van der Waals surface area contributed by atoms with E-state index in [9.17, 15) is 0 Å². The Hall–Kier alpha value is -1.14. The molecular formula is C12H16N4S2. The SMILES string of the molecule is CCCc1nc(N)c(C)c(Sc2nc(C)cs2)n1. The van der Waals surface area contributed by atoms with E-state index in [-0.39, 0.29) is 0 Å². The average molecular weight is 280 g/mol. The first-order valence-corrected chi connectivity index (χ1v) is 7.52. The number of rotatable bonds is 4. The van der Waals surface area contributed by atoms with Gasteiger partial charge in [0, 0.05) is 23.1 Å². The highest BCUT2D eigenvalue weighted by Crippen LogP contribution is 2.32. The Labute approximate surface area is 115 Å². The van der Waals surface area contributed by atoms with Gasteiger partial charge in [-0.2, -0.15) is 0 Å². The summed E-state index contributed by atoms with van der Waals surface area (Å²) >= 11 is 3.19. The molecule has 0 amide bonds. The van der Waals surface area contributed by atoms with Crippen molar-refractivity contribution in [3.05, 3.63) is 22.5 Å². The minimum atomic E-state index is 0.573. The molecule has 2 heterocycles. The third-order valence-electron chi connectivity index (χ3n) is 2.44. The van der Waals surface area contributed by atoms with Crippen LogP contribution in [0.25, 0.3) is 0 Å². The zero-order valence-corrected chi connectivity index (χ0v) is 12.4. The number of hydrogen-bond acceptors (Lipinski definition) is 6. The van der Waals surface area contributed by atoms with Crippen LogP contribution in [0.15, 0.2) is 14.7 Å². The molecule has 18 heavy (non-hydrogen) atoms. The molecule has 0 bridgehead atoms. The molecule has 2 aromatic heterocycles. The molecule has 0 aliphatic rings. The summed E-state index contributed by atoms with van der Waals surface area (Å²) in [6, 6.07) is 0. The van der Waals surface area contributed by atoms with Crippen LogP contribution in [0.2, 0.25) is 0 Å². The predicted octanol–water partition coefficient (Wildman–Crippen LogP) is 3.24. The predicted molar refractivity (Wildman–Crippen MR) is 76.2 cm³/mol. The number of nitrogens with two attached hydrogens (primary N) is 1. The van der Waals surface area contributed by atoms with Gasteiger partial charge < -0.3 is 5.73 Å². The highest BCUT2D eigenvalue weighted by atomic mass is 32.2. The summed E-state index contributed by atoms with van der Waals surface area (Å²) in [4.78, 5) is 13.3. The van der Waals surface area contributed by atoms with Gasteiger partial charge in [-0.15, -0.1) is 11.3 Å². The number of aryl methyl sites for hydroxylation is 2. The maximum absolute atomic E-state index is 5.93. The van der Waals surface area contributed by atoms with Crippen molar-refractivity contribution < 1.29 is 0 Å². The number of thiazole rings is 1. The zero-order chi connectivity index (χ0) is 13.1. The standard InChI is InChI=1S/C12H16N4S2/c1-4-5-9-15-10(13)8(3)11(16-9)18-12-14-7(2)6-17-12/h6H,4-5H2,1-3H3,(H2,13,15,16). The molecule has 2 aromatic rings. The lowest BCUT2D eigenvalue weighted by atomic mass is 10.3. The minimum absolute atomic E-state index is 0.573. The first kappa shape index (κ1) is 13.3. The van der Waals surface area contributed by atoms with E-state index in [1.165, 1.54) is 0 Å². The molecule has 0 saturated carbocycles. The first-order chi connectivity index (χ1) is 8.60. The summed E-state index contributed by atoms with van der Waals surface area (Å²) in [5.41, 5.74) is 7.90. The second kappa shape index (κ2) is 5.67. The van der Waals surface area contributed by atoms with E-state index in [2.05, 4.69) is 21.9 Å². The Balaban J connectivity index is 2.31. The molecule has 0 atom stereocenters. The Bertz CT molecular complexity index is 551. The molecule has 0 fully saturated rings. The van der Waals surface area contributed by atoms with Crippen molar-refractivity contribution in [3.63, 3.8) is 0 Å². The fraction of sp³-hybridized carbons (Fsp3) is 0.417. The van der Waals surface area contributed by atoms with E-state index >= 15 is 0 Å². The number of aromatic nitrogens is 3. The molecule has 6 heteroatoms. The maximum atomic E-state index is 5.93. The van der Waals surface area contributed by atoms with E-state index < -0.39 is 0 Å². The lowest BCUT2D eigenvalue weighted by molar-refractivity contribution is 0.805. The van der Waals surface area contributed by atoms with Crippen molar-refractivity contribution in [2.75, 3.05) is 5.73 Å². The average Bonchev–Trinajstić information content (AvgIpc) is 2.71. The fourth-order valence-electron chi connectivity index (χ4n) is 1.46. The van der Waals surface area contributed by atoms with Gasteiger partial charge in [0.25, 0.3) is 0 Å². The molecule has 2 rings (SSSR count). The van der Waals surface area contributed by atoms with Gasteiger partial charge >= 0.3 is 0 Å². The highest BCUT2D eigenvalue weighted by Gasteiger charge is 2.11. The van der Waals surface area contributed by atoms with Gasteiger partial charge in [-0.25, -0.2) is 15.0 Å². The topological polar surface area (TPSA) is 64.7 Å². The summed E-state index contributed by atoms with van der Waals surface area (Å²) < 4.78 is 0.996. The normalized spacial score (nSPS) is 10.8. The quantitative estimate of drug-likeness (QED) is 0.871. The van der Waals surface area contributed by atoms with Gasteiger partial charge in [-0.05, 0) is 32.0 Å². The van der Waals surface area contributed by atoms with Gasteiger partial charge in [0.15, 0.2) is 4.34 Å². The molecule has 0 saturated heterocycles. The molecule has 0 aromatic carbocycles. The summed E-state index contributed by atoms with van der Waals surface area (Å²) in [7, 11) is 0. The Morgan fingerprint density at radius 2 is 2.06 bits per heavy atom. The molecule has 0 radical (unpaired) electrons. The number of nitrogens with zero attached hydrogens (tertiary/aromatic N) is 3. The van der Waals surface area contributed by atoms with E-state index in [4.69, 9.17) is 5.73 Å². The van der Waals surface area contributed by atoms with Crippen LogP contribution in [0, 0.1) is 13.8 Å². The molecule has 4 nitrogen and oxygen atoms in total. The van der Waals surface area contributed by atoms with Gasteiger partial charge in [0.05, 0.1) is 0 Å². The van der Waals surface area contributed by atoms with Crippen molar-refractivity contribution >= 4 is 28.9 Å². The second-order valence-corrected chi connectivity index (χ2v) is 6.16. The van der Waals surface area contributed by atoms with E-state index in [0.29, 0.717) is 5.82 Å². The molecule has 0 aliphatic heterocycles. The number of nitrogen functional groups attached to an aromatic ring is 1. The van der Waals surface area contributed by atoms with Gasteiger partial charge in [0.2, 0.25) is 0 Å². The fourth-order valence-corrected chi connectivity index (χ4v) is 3.31. The Morgan fingerprint density at radius 1 is 1.28 bits per heavy atom. The minimum Gasteiger partial charge on any atom is -0.383 e. The van der Waals surface area contributed by atoms with Crippen LogP contribution >= 0.6 is 23.1 Å². The molecule has 0 aliphatic carbocycles. The Morgan fingerprint density at radius 3 is 2.67 bits per heavy atom. The van der Waals surface area contributed by atoms with Crippen LogP contribution in [0.5, 0.6) is 0 Å². The van der Waals surface area contributed by atoms with Crippen molar-refractivity contribution in [1.29, 1.82) is 0 Å². The molecule has 0 spiro atoms. The van der Waals surface area contributed by atoms with Crippen LogP contribution in [0.1, 0.15) is 30.4 Å². The third-order valence-corrected chi connectivity index (χ3v) is 4.59. The molecular weight excluding hydrogens is 264 g/mol. The number of hydrogen-bond donors (Lipinski definition) is 1. The van der Waals surface area contributed by atoms with Crippen molar-refractivity contribution in [2.24, 2.45) is 0 Å². The molecule has 96 valence electrons. The van der Waals surface area contributed by atoms with E-state index in [0.717, 1.165) is 39.3 Å². The summed E-state index contributed by atoms with van der Waals surface area (Å²) in [6.07, 6.45) is 1.87. The molecule has 2 N–H and O–H groups in total. The highest BCUT2D eigenvalue weighted by molar-refractivity contribution is 8.01. The maximum Gasteiger partial charge on any atom is 0.156 e.